The van der Waals surface area contributed by atoms with Gasteiger partial charge < -0.3 is 14.6 Å². The van der Waals surface area contributed by atoms with Crippen LogP contribution in [0.4, 0.5) is 0 Å². The quantitative estimate of drug-likeness (QED) is 0.854. The van der Waals surface area contributed by atoms with Crippen molar-refractivity contribution >= 4 is 17.3 Å². The molecule has 0 amide bonds. The molecule has 15 heavy (non-hydrogen) atoms. The first-order valence-electron chi connectivity index (χ1n) is 4.78. The second-order valence-corrected chi connectivity index (χ2v) is 4.38. The highest BCUT2D eigenvalue weighted by molar-refractivity contribution is 7.12. The van der Waals surface area contributed by atoms with E-state index in [0.717, 1.165) is 13.0 Å². The zero-order valence-electron chi connectivity index (χ0n) is 8.14. The van der Waals surface area contributed by atoms with E-state index < -0.39 is 5.97 Å². The van der Waals surface area contributed by atoms with E-state index in [9.17, 15) is 4.79 Å². The van der Waals surface area contributed by atoms with E-state index in [-0.39, 0.29) is 4.88 Å². The van der Waals surface area contributed by atoms with E-state index in [1.54, 1.807) is 11.4 Å². The average Bonchev–Trinajstić information content (AvgIpc) is 2.86. The first-order chi connectivity index (χ1) is 7.27. The van der Waals surface area contributed by atoms with Crippen LogP contribution in [-0.4, -0.2) is 30.9 Å². The molecule has 0 aromatic carbocycles. The van der Waals surface area contributed by atoms with Crippen LogP contribution in [0.25, 0.3) is 0 Å². The Hall–Kier alpha value is -1.07. The molecule has 4 nitrogen and oxygen atoms in total. The molecule has 1 saturated heterocycles. The number of carboxylic acids is 1. The number of carbonyl (C=O) groups is 1. The number of ether oxygens (including phenoxy) is 2. The maximum Gasteiger partial charge on any atom is 0.349 e. The Balaban J connectivity index is 1.92. The highest BCUT2D eigenvalue weighted by Gasteiger charge is 2.18. The van der Waals surface area contributed by atoms with Gasteiger partial charge in [0.1, 0.15) is 5.75 Å². The molecule has 1 N–H and O–H groups in total. The molecule has 1 fully saturated rings. The molecule has 1 unspecified atom stereocenters. The molecule has 1 aromatic heterocycles. The van der Waals surface area contributed by atoms with Crippen LogP contribution < -0.4 is 4.74 Å². The van der Waals surface area contributed by atoms with Gasteiger partial charge in [-0.1, -0.05) is 0 Å². The van der Waals surface area contributed by atoms with Crippen LogP contribution in [-0.2, 0) is 4.74 Å². The molecule has 0 aliphatic carbocycles. The third-order valence-corrected chi connectivity index (χ3v) is 3.21. The smallest absolute Gasteiger partial charge is 0.349 e. The van der Waals surface area contributed by atoms with Gasteiger partial charge >= 0.3 is 5.97 Å². The predicted octanol–water partition coefficient (Wildman–Crippen LogP) is 1.86. The lowest BCUT2D eigenvalue weighted by molar-refractivity contribution is 0.0697. The van der Waals surface area contributed by atoms with Gasteiger partial charge in [-0.05, 0) is 17.9 Å². The average molecular weight is 228 g/mol. The standard InChI is InChI=1S/C10H12O4S/c11-10(12)9-8(2-4-15-9)14-6-7-1-3-13-5-7/h2,4,7H,1,3,5-6H2,(H,11,12). The normalized spacial score (nSPS) is 20.4. The van der Waals surface area contributed by atoms with Crippen LogP contribution in [0.3, 0.4) is 0 Å². The summed E-state index contributed by atoms with van der Waals surface area (Å²) >= 11 is 1.18. The maximum absolute atomic E-state index is 10.8. The zero-order chi connectivity index (χ0) is 10.7. The van der Waals surface area contributed by atoms with Crippen molar-refractivity contribution in [2.24, 2.45) is 5.92 Å². The molecule has 1 atom stereocenters. The van der Waals surface area contributed by atoms with E-state index in [4.69, 9.17) is 14.6 Å². The van der Waals surface area contributed by atoms with Crippen LogP contribution in [0.2, 0.25) is 0 Å². The molecule has 1 aromatic rings. The van der Waals surface area contributed by atoms with E-state index in [1.165, 1.54) is 11.3 Å². The molecule has 1 aliphatic rings. The summed E-state index contributed by atoms with van der Waals surface area (Å²) in [6.45, 7) is 2.03. The van der Waals surface area contributed by atoms with Crippen molar-refractivity contribution in [1.82, 2.24) is 0 Å². The minimum atomic E-state index is -0.928. The number of hydrogen-bond acceptors (Lipinski definition) is 4. The Bertz CT molecular complexity index is 341. The highest BCUT2D eigenvalue weighted by Crippen LogP contribution is 2.25. The minimum Gasteiger partial charge on any atom is -0.491 e. The summed E-state index contributed by atoms with van der Waals surface area (Å²) in [5.74, 6) is -0.0615. The molecular formula is C10H12O4S. The lowest BCUT2D eigenvalue weighted by Gasteiger charge is -2.09. The fourth-order valence-corrected chi connectivity index (χ4v) is 2.16. The molecule has 82 valence electrons. The van der Waals surface area contributed by atoms with Gasteiger partial charge in [0.25, 0.3) is 0 Å². The van der Waals surface area contributed by atoms with Gasteiger partial charge in [0.15, 0.2) is 4.88 Å². The third kappa shape index (κ3) is 2.49. The van der Waals surface area contributed by atoms with Crippen molar-refractivity contribution in [3.8, 4) is 5.75 Å². The number of rotatable bonds is 4. The summed E-state index contributed by atoms with van der Waals surface area (Å²) in [5, 5.41) is 10.6. The fourth-order valence-electron chi connectivity index (χ4n) is 1.49. The molecular weight excluding hydrogens is 216 g/mol. The second kappa shape index (κ2) is 4.63. The monoisotopic (exact) mass is 228 g/mol. The Labute approximate surface area is 91.4 Å². The topological polar surface area (TPSA) is 55.8 Å². The summed E-state index contributed by atoms with van der Waals surface area (Å²) in [6, 6.07) is 1.70. The molecule has 0 saturated carbocycles. The van der Waals surface area contributed by atoms with Crippen molar-refractivity contribution in [2.75, 3.05) is 19.8 Å². The summed E-state index contributed by atoms with van der Waals surface area (Å²) in [4.78, 5) is 11.1. The van der Waals surface area contributed by atoms with Crippen molar-refractivity contribution < 1.29 is 19.4 Å². The molecule has 2 rings (SSSR count). The van der Waals surface area contributed by atoms with Gasteiger partial charge in [0.05, 0.1) is 13.2 Å². The van der Waals surface area contributed by atoms with Crippen LogP contribution in [0.1, 0.15) is 16.1 Å². The largest absolute Gasteiger partial charge is 0.491 e. The van der Waals surface area contributed by atoms with Crippen LogP contribution >= 0.6 is 11.3 Å². The molecule has 2 heterocycles. The number of hydrogen-bond donors (Lipinski definition) is 1. The summed E-state index contributed by atoms with van der Waals surface area (Å²) in [7, 11) is 0. The van der Waals surface area contributed by atoms with Gasteiger partial charge in [-0.15, -0.1) is 11.3 Å². The van der Waals surface area contributed by atoms with E-state index >= 15 is 0 Å². The van der Waals surface area contributed by atoms with Gasteiger partial charge in [-0.3, -0.25) is 0 Å². The molecule has 0 spiro atoms. The van der Waals surface area contributed by atoms with Crippen molar-refractivity contribution in [2.45, 2.75) is 6.42 Å². The van der Waals surface area contributed by atoms with E-state index in [0.29, 0.717) is 24.9 Å². The SMILES string of the molecule is O=C(O)c1sccc1OCC1CCOC1. The van der Waals surface area contributed by atoms with Gasteiger partial charge in [-0.2, -0.15) is 0 Å². The summed E-state index contributed by atoms with van der Waals surface area (Å²) in [6.07, 6.45) is 0.993. The lowest BCUT2D eigenvalue weighted by atomic mass is 10.1. The Kier molecular flexibility index (Phi) is 3.23. The molecule has 0 radical (unpaired) electrons. The van der Waals surface area contributed by atoms with E-state index in [2.05, 4.69) is 0 Å². The number of thiophene rings is 1. The third-order valence-electron chi connectivity index (χ3n) is 2.32. The lowest BCUT2D eigenvalue weighted by Crippen LogP contribution is -2.12. The zero-order valence-corrected chi connectivity index (χ0v) is 8.96. The molecule has 5 heteroatoms. The fraction of sp³-hybridized carbons (Fsp3) is 0.500. The second-order valence-electron chi connectivity index (χ2n) is 3.46. The van der Waals surface area contributed by atoms with Crippen molar-refractivity contribution in [3.63, 3.8) is 0 Å². The Morgan fingerprint density at radius 2 is 2.60 bits per heavy atom. The molecule has 0 bridgehead atoms. The maximum atomic E-state index is 10.8. The number of aromatic carboxylic acids is 1. The van der Waals surface area contributed by atoms with Gasteiger partial charge in [0, 0.05) is 12.5 Å². The highest BCUT2D eigenvalue weighted by atomic mass is 32.1. The Morgan fingerprint density at radius 1 is 1.73 bits per heavy atom. The Morgan fingerprint density at radius 3 is 3.27 bits per heavy atom. The van der Waals surface area contributed by atoms with Gasteiger partial charge in [-0.25, -0.2) is 4.79 Å². The number of carboxylic acid groups (broad SMARTS) is 1. The first kappa shape index (κ1) is 10.4. The van der Waals surface area contributed by atoms with Gasteiger partial charge in [0.2, 0.25) is 0 Å². The molecule has 1 aliphatic heterocycles. The van der Waals surface area contributed by atoms with Crippen LogP contribution in [0.5, 0.6) is 5.75 Å². The minimum absolute atomic E-state index is 0.272. The van der Waals surface area contributed by atoms with E-state index in [1.807, 2.05) is 0 Å². The van der Waals surface area contributed by atoms with Crippen LogP contribution in [0.15, 0.2) is 11.4 Å². The van der Waals surface area contributed by atoms with Crippen LogP contribution in [0, 0.1) is 5.92 Å². The first-order valence-corrected chi connectivity index (χ1v) is 5.66. The summed E-state index contributed by atoms with van der Waals surface area (Å²) in [5.41, 5.74) is 0. The predicted molar refractivity (Wildman–Crippen MR) is 55.7 cm³/mol. The van der Waals surface area contributed by atoms with Crippen molar-refractivity contribution in [1.29, 1.82) is 0 Å². The van der Waals surface area contributed by atoms with Crippen molar-refractivity contribution in [3.05, 3.63) is 16.3 Å². The summed E-state index contributed by atoms with van der Waals surface area (Å²) < 4.78 is 10.7.